The van der Waals surface area contributed by atoms with Gasteiger partial charge < -0.3 is 10.4 Å². The molecule has 1 atom stereocenters. The number of carbonyl (C=O) groups excluding carboxylic acids is 1. The zero-order chi connectivity index (χ0) is 13.0. The van der Waals surface area contributed by atoms with Crippen LogP contribution in [0.25, 0.3) is 0 Å². The Morgan fingerprint density at radius 1 is 1.33 bits per heavy atom. The number of aliphatic hydroxyl groups excluding tert-OH is 1. The molecule has 0 radical (unpaired) electrons. The molecule has 2 rings (SSSR count). The van der Waals surface area contributed by atoms with Crippen molar-refractivity contribution < 1.29 is 9.90 Å². The van der Waals surface area contributed by atoms with E-state index in [4.69, 9.17) is 0 Å². The van der Waals surface area contributed by atoms with Crippen molar-refractivity contribution in [3.8, 4) is 0 Å². The van der Waals surface area contributed by atoms with Crippen LogP contribution in [0, 0.1) is 0 Å². The van der Waals surface area contributed by atoms with E-state index in [1.807, 2.05) is 30.3 Å². The van der Waals surface area contributed by atoms with Gasteiger partial charge in [0.1, 0.15) is 0 Å². The van der Waals surface area contributed by atoms with Gasteiger partial charge in [0.15, 0.2) is 0 Å². The third-order valence-electron chi connectivity index (χ3n) is 3.78. The summed E-state index contributed by atoms with van der Waals surface area (Å²) in [5.74, 6) is 0.0621. The average Bonchev–Trinajstić information content (AvgIpc) is 2.87. The zero-order valence-corrected chi connectivity index (χ0v) is 10.9. The first-order chi connectivity index (χ1) is 8.65. The topological polar surface area (TPSA) is 49.3 Å². The summed E-state index contributed by atoms with van der Waals surface area (Å²) >= 11 is 0. The maximum Gasteiger partial charge on any atom is 0.230 e. The number of hydrogen-bond donors (Lipinski definition) is 2. The van der Waals surface area contributed by atoms with E-state index < -0.39 is 6.10 Å². The number of amides is 1. The van der Waals surface area contributed by atoms with Gasteiger partial charge in [0.25, 0.3) is 0 Å². The standard InChI is InChI=1S/C15H21NO2/c1-12(17)11-16-14(18)15(9-5-6-10-15)13-7-3-2-4-8-13/h2-4,7-8,12,17H,5-6,9-11H2,1H3,(H,16,18)/t12-/m1/s1. The molecule has 2 N–H and O–H groups in total. The minimum atomic E-state index is -0.497. The number of rotatable bonds is 4. The third-order valence-corrected chi connectivity index (χ3v) is 3.78. The van der Waals surface area contributed by atoms with E-state index in [9.17, 15) is 9.90 Å². The molecule has 98 valence electrons. The monoisotopic (exact) mass is 247 g/mol. The molecule has 0 bridgehead atoms. The van der Waals surface area contributed by atoms with Crippen LogP contribution >= 0.6 is 0 Å². The predicted molar refractivity (Wildman–Crippen MR) is 71.3 cm³/mol. The van der Waals surface area contributed by atoms with Gasteiger partial charge in [0.2, 0.25) is 5.91 Å². The summed E-state index contributed by atoms with van der Waals surface area (Å²) in [6.45, 7) is 2.01. The van der Waals surface area contributed by atoms with Gasteiger partial charge in [-0.25, -0.2) is 0 Å². The predicted octanol–water partition coefficient (Wildman–Crippen LogP) is 2.00. The largest absolute Gasteiger partial charge is 0.392 e. The minimum Gasteiger partial charge on any atom is -0.392 e. The normalized spacial score (nSPS) is 19.4. The number of aliphatic hydroxyl groups is 1. The van der Waals surface area contributed by atoms with Crippen LogP contribution in [0.15, 0.2) is 30.3 Å². The van der Waals surface area contributed by atoms with Gasteiger partial charge in [-0.05, 0) is 25.3 Å². The summed E-state index contributed by atoms with van der Waals surface area (Å²) in [4.78, 5) is 12.4. The number of benzene rings is 1. The molecule has 3 heteroatoms. The minimum absolute atomic E-state index is 0.0621. The van der Waals surface area contributed by atoms with Crippen LogP contribution < -0.4 is 5.32 Å². The van der Waals surface area contributed by atoms with Crippen molar-refractivity contribution in [3.63, 3.8) is 0 Å². The molecule has 1 saturated carbocycles. The first-order valence-corrected chi connectivity index (χ1v) is 6.67. The number of nitrogens with one attached hydrogen (secondary N) is 1. The van der Waals surface area contributed by atoms with Crippen LogP contribution in [0.2, 0.25) is 0 Å². The number of hydrogen-bond acceptors (Lipinski definition) is 2. The molecular weight excluding hydrogens is 226 g/mol. The lowest BCUT2D eigenvalue weighted by atomic mass is 9.78. The van der Waals surface area contributed by atoms with Gasteiger partial charge in [-0.3, -0.25) is 4.79 Å². The molecule has 0 aromatic heterocycles. The van der Waals surface area contributed by atoms with E-state index in [2.05, 4.69) is 5.32 Å². The fourth-order valence-corrected chi connectivity index (χ4v) is 2.79. The van der Waals surface area contributed by atoms with E-state index in [0.29, 0.717) is 6.54 Å². The van der Waals surface area contributed by atoms with E-state index >= 15 is 0 Å². The van der Waals surface area contributed by atoms with Crippen LogP contribution in [-0.2, 0) is 10.2 Å². The lowest BCUT2D eigenvalue weighted by molar-refractivity contribution is -0.127. The highest BCUT2D eigenvalue weighted by atomic mass is 16.3. The molecule has 0 aliphatic heterocycles. The second-order valence-corrected chi connectivity index (χ2v) is 5.21. The van der Waals surface area contributed by atoms with Gasteiger partial charge in [0.05, 0.1) is 11.5 Å². The Hall–Kier alpha value is -1.35. The van der Waals surface area contributed by atoms with Crippen LogP contribution in [-0.4, -0.2) is 23.7 Å². The zero-order valence-electron chi connectivity index (χ0n) is 10.9. The summed E-state index contributed by atoms with van der Waals surface area (Å²) in [5, 5.41) is 12.2. The van der Waals surface area contributed by atoms with E-state index in [0.717, 1.165) is 31.2 Å². The molecule has 1 aromatic rings. The van der Waals surface area contributed by atoms with Crippen molar-refractivity contribution in [2.45, 2.75) is 44.1 Å². The van der Waals surface area contributed by atoms with Crippen LogP contribution in [0.3, 0.4) is 0 Å². The lowest BCUT2D eigenvalue weighted by Gasteiger charge is -2.28. The van der Waals surface area contributed by atoms with E-state index in [1.165, 1.54) is 0 Å². The van der Waals surface area contributed by atoms with Gasteiger partial charge >= 0.3 is 0 Å². The van der Waals surface area contributed by atoms with Crippen molar-refractivity contribution in [2.75, 3.05) is 6.54 Å². The van der Waals surface area contributed by atoms with E-state index in [-0.39, 0.29) is 11.3 Å². The first kappa shape index (κ1) is 13.1. The Morgan fingerprint density at radius 2 is 1.94 bits per heavy atom. The van der Waals surface area contributed by atoms with Gasteiger partial charge in [-0.15, -0.1) is 0 Å². The summed E-state index contributed by atoms with van der Waals surface area (Å²) in [5.41, 5.74) is 0.724. The smallest absolute Gasteiger partial charge is 0.230 e. The fourth-order valence-electron chi connectivity index (χ4n) is 2.79. The SMILES string of the molecule is C[C@@H](O)CNC(=O)C1(c2ccccc2)CCCC1. The Labute approximate surface area is 108 Å². The first-order valence-electron chi connectivity index (χ1n) is 6.67. The van der Waals surface area contributed by atoms with Crippen LogP contribution in [0.5, 0.6) is 0 Å². The Bertz CT molecular complexity index is 394. The molecule has 0 unspecified atom stereocenters. The molecule has 0 heterocycles. The fraction of sp³-hybridized carbons (Fsp3) is 0.533. The van der Waals surface area contributed by atoms with Crippen molar-refractivity contribution in [1.82, 2.24) is 5.32 Å². The molecule has 3 nitrogen and oxygen atoms in total. The average molecular weight is 247 g/mol. The molecular formula is C15H21NO2. The molecule has 1 aromatic carbocycles. The molecule has 1 amide bonds. The van der Waals surface area contributed by atoms with Crippen molar-refractivity contribution >= 4 is 5.91 Å². The van der Waals surface area contributed by atoms with Crippen molar-refractivity contribution in [1.29, 1.82) is 0 Å². The highest BCUT2D eigenvalue weighted by molar-refractivity contribution is 5.88. The Balaban J connectivity index is 2.19. The Morgan fingerprint density at radius 3 is 2.50 bits per heavy atom. The van der Waals surface area contributed by atoms with Crippen molar-refractivity contribution in [3.05, 3.63) is 35.9 Å². The highest BCUT2D eigenvalue weighted by Gasteiger charge is 2.42. The molecule has 0 saturated heterocycles. The molecule has 1 fully saturated rings. The van der Waals surface area contributed by atoms with Crippen LogP contribution in [0.4, 0.5) is 0 Å². The van der Waals surface area contributed by atoms with Crippen LogP contribution in [0.1, 0.15) is 38.2 Å². The molecule has 0 spiro atoms. The van der Waals surface area contributed by atoms with Gasteiger partial charge in [-0.1, -0.05) is 43.2 Å². The van der Waals surface area contributed by atoms with E-state index in [1.54, 1.807) is 6.92 Å². The van der Waals surface area contributed by atoms with Gasteiger partial charge in [-0.2, -0.15) is 0 Å². The molecule has 18 heavy (non-hydrogen) atoms. The summed E-state index contributed by atoms with van der Waals surface area (Å²) in [7, 11) is 0. The maximum atomic E-state index is 12.4. The number of carbonyl (C=O) groups is 1. The highest BCUT2D eigenvalue weighted by Crippen LogP contribution is 2.41. The third kappa shape index (κ3) is 2.56. The summed E-state index contributed by atoms with van der Waals surface area (Å²) in [6, 6.07) is 10.0. The summed E-state index contributed by atoms with van der Waals surface area (Å²) < 4.78 is 0. The lowest BCUT2D eigenvalue weighted by Crippen LogP contribution is -2.44. The quantitative estimate of drug-likeness (QED) is 0.855. The molecule has 1 aliphatic carbocycles. The second-order valence-electron chi connectivity index (χ2n) is 5.21. The maximum absolute atomic E-state index is 12.4. The Kier molecular flexibility index (Phi) is 4.02. The second kappa shape index (κ2) is 5.53. The molecule has 1 aliphatic rings. The van der Waals surface area contributed by atoms with Crippen molar-refractivity contribution in [2.24, 2.45) is 0 Å². The summed E-state index contributed by atoms with van der Waals surface area (Å²) in [6.07, 6.45) is 3.50. The van der Waals surface area contributed by atoms with Gasteiger partial charge in [0, 0.05) is 6.54 Å².